The summed E-state index contributed by atoms with van der Waals surface area (Å²) in [6, 6.07) is 5.48. The van der Waals surface area contributed by atoms with Crippen molar-refractivity contribution in [1.29, 1.82) is 0 Å². The smallest absolute Gasteiger partial charge is 0.253 e. The number of benzene rings is 1. The van der Waals surface area contributed by atoms with Crippen LogP contribution in [0.3, 0.4) is 0 Å². The van der Waals surface area contributed by atoms with Crippen LogP contribution in [0.5, 0.6) is 0 Å². The highest BCUT2D eigenvalue weighted by Gasteiger charge is 2.12. The number of carbonyl (C=O) groups is 1. The van der Waals surface area contributed by atoms with E-state index in [0.29, 0.717) is 23.0 Å². The molecule has 0 unspecified atom stereocenters. The summed E-state index contributed by atoms with van der Waals surface area (Å²) in [7, 11) is 0. The van der Waals surface area contributed by atoms with Gasteiger partial charge in [-0.15, -0.1) is 0 Å². The molecule has 2 rings (SSSR count). The summed E-state index contributed by atoms with van der Waals surface area (Å²) in [6.45, 7) is 4.80. The zero-order valence-electron chi connectivity index (χ0n) is 9.88. The maximum Gasteiger partial charge on any atom is 0.253 e. The summed E-state index contributed by atoms with van der Waals surface area (Å²) in [6.07, 6.45) is 1.72. The van der Waals surface area contributed by atoms with Gasteiger partial charge in [-0.05, 0) is 24.1 Å². The molecule has 1 aromatic heterocycles. The zero-order chi connectivity index (χ0) is 12.4. The molecule has 1 amide bonds. The van der Waals surface area contributed by atoms with E-state index >= 15 is 0 Å². The Morgan fingerprint density at radius 3 is 2.94 bits per heavy atom. The first kappa shape index (κ1) is 12.0. The Morgan fingerprint density at radius 2 is 2.24 bits per heavy atom. The first-order valence-corrected chi connectivity index (χ1v) is 6.00. The Labute approximate surface area is 105 Å². The fourth-order valence-corrected chi connectivity index (χ4v) is 1.84. The van der Waals surface area contributed by atoms with E-state index in [1.165, 1.54) is 0 Å². The number of hydrogen-bond acceptors (Lipinski definition) is 1. The van der Waals surface area contributed by atoms with Crippen molar-refractivity contribution in [2.45, 2.75) is 13.8 Å². The third-order valence-corrected chi connectivity index (χ3v) is 2.79. The standard InChI is InChI=1S/C13H15ClN2O/c1-8(2)6-16-13(17)11-7-15-12-4-3-9(14)5-10(11)12/h3-5,7-8,15H,6H2,1-2H3,(H,16,17). The molecule has 0 fully saturated rings. The van der Waals surface area contributed by atoms with Gasteiger partial charge in [0.1, 0.15) is 0 Å². The third kappa shape index (κ3) is 2.61. The molecule has 1 aromatic carbocycles. The molecule has 1 heterocycles. The average Bonchev–Trinajstić information content (AvgIpc) is 2.68. The van der Waals surface area contributed by atoms with Gasteiger partial charge in [-0.3, -0.25) is 4.79 Å². The van der Waals surface area contributed by atoms with Crippen LogP contribution in [0.15, 0.2) is 24.4 Å². The van der Waals surface area contributed by atoms with Crippen molar-refractivity contribution in [3.05, 3.63) is 35.0 Å². The highest BCUT2D eigenvalue weighted by Crippen LogP contribution is 2.22. The molecule has 4 heteroatoms. The van der Waals surface area contributed by atoms with Gasteiger partial charge in [0.05, 0.1) is 5.56 Å². The molecule has 0 saturated heterocycles. The number of H-pyrrole nitrogens is 1. The number of rotatable bonds is 3. The van der Waals surface area contributed by atoms with Gasteiger partial charge in [-0.2, -0.15) is 0 Å². The summed E-state index contributed by atoms with van der Waals surface area (Å²) in [5.74, 6) is 0.375. The highest BCUT2D eigenvalue weighted by atomic mass is 35.5. The normalized spacial score (nSPS) is 11.1. The van der Waals surface area contributed by atoms with Gasteiger partial charge in [0, 0.05) is 28.7 Å². The van der Waals surface area contributed by atoms with Gasteiger partial charge in [0.2, 0.25) is 0 Å². The Kier molecular flexibility index (Phi) is 3.38. The Balaban J connectivity index is 2.29. The monoisotopic (exact) mass is 250 g/mol. The molecular formula is C13H15ClN2O. The van der Waals surface area contributed by atoms with E-state index in [1.807, 2.05) is 6.07 Å². The van der Waals surface area contributed by atoms with Crippen LogP contribution in [0, 0.1) is 5.92 Å². The van der Waals surface area contributed by atoms with Crippen molar-refractivity contribution >= 4 is 28.4 Å². The van der Waals surface area contributed by atoms with Crippen molar-refractivity contribution in [1.82, 2.24) is 10.3 Å². The highest BCUT2D eigenvalue weighted by molar-refractivity contribution is 6.31. The van der Waals surface area contributed by atoms with Crippen LogP contribution < -0.4 is 5.32 Å². The van der Waals surface area contributed by atoms with Crippen LogP contribution in [0.2, 0.25) is 5.02 Å². The summed E-state index contributed by atoms with van der Waals surface area (Å²) in [5.41, 5.74) is 1.56. The molecule has 0 saturated carbocycles. The molecule has 0 aliphatic carbocycles. The molecule has 0 atom stereocenters. The van der Waals surface area contributed by atoms with E-state index < -0.39 is 0 Å². The number of nitrogens with one attached hydrogen (secondary N) is 2. The minimum Gasteiger partial charge on any atom is -0.360 e. The van der Waals surface area contributed by atoms with Crippen LogP contribution in [0.1, 0.15) is 24.2 Å². The Morgan fingerprint density at radius 1 is 1.47 bits per heavy atom. The maximum atomic E-state index is 12.0. The number of fused-ring (bicyclic) bond motifs is 1. The molecule has 2 N–H and O–H groups in total. The van der Waals surface area contributed by atoms with Gasteiger partial charge in [-0.1, -0.05) is 25.4 Å². The van der Waals surface area contributed by atoms with Crippen LogP contribution in [-0.2, 0) is 0 Å². The predicted molar refractivity (Wildman–Crippen MR) is 70.5 cm³/mol. The maximum absolute atomic E-state index is 12.0. The van der Waals surface area contributed by atoms with E-state index in [2.05, 4.69) is 24.1 Å². The molecule has 3 nitrogen and oxygen atoms in total. The van der Waals surface area contributed by atoms with Crippen LogP contribution in [0.25, 0.3) is 10.9 Å². The summed E-state index contributed by atoms with van der Waals surface area (Å²) < 4.78 is 0. The topological polar surface area (TPSA) is 44.9 Å². The van der Waals surface area contributed by atoms with E-state index in [1.54, 1.807) is 18.3 Å². The minimum atomic E-state index is -0.0628. The molecule has 90 valence electrons. The minimum absolute atomic E-state index is 0.0628. The third-order valence-electron chi connectivity index (χ3n) is 2.56. The second-order valence-electron chi connectivity index (χ2n) is 4.50. The fraction of sp³-hybridized carbons (Fsp3) is 0.308. The van der Waals surface area contributed by atoms with Crippen molar-refractivity contribution in [3.8, 4) is 0 Å². The quantitative estimate of drug-likeness (QED) is 0.863. The lowest BCUT2D eigenvalue weighted by molar-refractivity contribution is 0.0950. The Hall–Kier alpha value is -1.48. The van der Waals surface area contributed by atoms with Gasteiger partial charge in [-0.25, -0.2) is 0 Å². The number of aromatic nitrogens is 1. The SMILES string of the molecule is CC(C)CNC(=O)c1c[nH]c2ccc(Cl)cc12. The van der Waals surface area contributed by atoms with E-state index in [9.17, 15) is 4.79 Å². The summed E-state index contributed by atoms with van der Waals surface area (Å²) >= 11 is 5.93. The van der Waals surface area contributed by atoms with Gasteiger partial charge < -0.3 is 10.3 Å². The number of amides is 1. The number of halogens is 1. The average molecular weight is 251 g/mol. The van der Waals surface area contributed by atoms with Gasteiger partial charge in [0.25, 0.3) is 5.91 Å². The summed E-state index contributed by atoms with van der Waals surface area (Å²) in [4.78, 5) is 15.0. The van der Waals surface area contributed by atoms with Gasteiger partial charge >= 0.3 is 0 Å². The van der Waals surface area contributed by atoms with Crippen molar-refractivity contribution < 1.29 is 4.79 Å². The van der Waals surface area contributed by atoms with E-state index in [4.69, 9.17) is 11.6 Å². The molecule has 0 spiro atoms. The predicted octanol–water partition coefficient (Wildman–Crippen LogP) is 3.21. The fourth-order valence-electron chi connectivity index (χ4n) is 1.67. The first-order chi connectivity index (χ1) is 8.08. The lowest BCUT2D eigenvalue weighted by Gasteiger charge is -2.06. The largest absolute Gasteiger partial charge is 0.360 e. The molecule has 0 aliphatic heterocycles. The lowest BCUT2D eigenvalue weighted by atomic mass is 10.1. The first-order valence-electron chi connectivity index (χ1n) is 5.62. The molecule has 0 aliphatic rings. The van der Waals surface area contributed by atoms with Crippen molar-refractivity contribution in [2.75, 3.05) is 6.54 Å². The molecule has 0 radical (unpaired) electrons. The zero-order valence-corrected chi connectivity index (χ0v) is 10.6. The Bertz CT molecular complexity index is 545. The second kappa shape index (κ2) is 4.80. The van der Waals surface area contributed by atoms with Crippen LogP contribution in [0.4, 0.5) is 0 Å². The number of carbonyl (C=O) groups excluding carboxylic acids is 1. The van der Waals surface area contributed by atoms with Crippen LogP contribution >= 0.6 is 11.6 Å². The molecule has 0 bridgehead atoms. The number of hydrogen-bond donors (Lipinski definition) is 2. The van der Waals surface area contributed by atoms with Crippen molar-refractivity contribution in [3.63, 3.8) is 0 Å². The summed E-state index contributed by atoms with van der Waals surface area (Å²) in [5, 5.41) is 4.39. The van der Waals surface area contributed by atoms with E-state index in [-0.39, 0.29) is 5.91 Å². The van der Waals surface area contributed by atoms with Crippen LogP contribution in [-0.4, -0.2) is 17.4 Å². The van der Waals surface area contributed by atoms with E-state index in [0.717, 1.165) is 10.9 Å². The number of aromatic amines is 1. The van der Waals surface area contributed by atoms with Gasteiger partial charge in [0.15, 0.2) is 0 Å². The molecule has 17 heavy (non-hydrogen) atoms. The van der Waals surface area contributed by atoms with Crippen molar-refractivity contribution in [2.24, 2.45) is 5.92 Å². The molecule has 2 aromatic rings. The molecular weight excluding hydrogens is 236 g/mol. The second-order valence-corrected chi connectivity index (χ2v) is 4.93. The lowest BCUT2D eigenvalue weighted by Crippen LogP contribution is -2.27.